The average molecular weight is 729 g/mol. The molecule has 0 spiro atoms. The summed E-state index contributed by atoms with van der Waals surface area (Å²) in [7, 11) is 0. The van der Waals surface area contributed by atoms with Gasteiger partial charge in [0.05, 0.1) is 33.1 Å². The summed E-state index contributed by atoms with van der Waals surface area (Å²) in [6, 6.07) is 68.4. The Bertz CT molecular complexity index is 3450. The lowest BCUT2D eigenvalue weighted by Crippen LogP contribution is -2.06. The number of nitrogens with zero attached hydrogens (tertiary/aromatic N) is 6. The summed E-state index contributed by atoms with van der Waals surface area (Å²) in [6.45, 7) is 0. The molecular formula is C51H32N6. The number of fused-ring (bicyclic) bond motifs is 9. The van der Waals surface area contributed by atoms with Crippen LogP contribution in [0.15, 0.2) is 194 Å². The van der Waals surface area contributed by atoms with E-state index in [0.717, 1.165) is 49.8 Å². The molecule has 0 saturated carbocycles. The highest BCUT2D eigenvalue weighted by atomic mass is 15.2. The van der Waals surface area contributed by atoms with Gasteiger partial charge in [-0.1, -0.05) is 121 Å². The van der Waals surface area contributed by atoms with Crippen molar-refractivity contribution < 1.29 is 0 Å². The average Bonchev–Trinajstić information content (AvgIpc) is 3.91. The second kappa shape index (κ2) is 12.3. The molecule has 0 aliphatic carbocycles. The quantitative estimate of drug-likeness (QED) is 0.177. The molecule has 4 heterocycles. The predicted octanol–water partition coefficient (Wildman–Crippen LogP) is 12.5. The van der Waals surface area contributed by atoms with Crippen LogP contribution in [0.25, 0.3) is 106 Å². The minimum atomic E-state index is 0.568. The van der Waals surface area contributed by atoms with Crippen LogP contribution in [-0.2, 0) is 0 Å². The van der Waals surface area contributed by atoms with Gasteiger partial charge in [-0.2, -0.15) is 9.97 Å². The molecule has 0 N–H and O–H groups in total. The molecular weight excluding hydrogens is 697 g/mol. The first kappa shape index (κ1) is 31.5. The molecule has 6 heteroatoms. The van der Waals surface area contributed by atoms with Gasteiger partial charge in [-0.05, 0) is 72.8 Å². The van der Waals surface area contributed by atoms with Crippen molar-refractivity contribution in [2.45, 2.75) is 0 Å². The molecule has 0 amide bonds. The minimum absolute atomic E-state index is 0.568. The molecule has 4 aromatic heterocycles. The third kappa shape index (κ3) is 4.81. The fraction of sp³-hybridized carbons (Fsp3) is 0. The first-order chi connectivity index (χ1) is 28.3. The Kier molecular flexibility index (Phi) is 6.83. The third-order valence-corrected chi connectivity index (χ3v) is 11.3. The maximum atomic E-state index is 5.29. The van der Waals surface area contributed by atoms with Crippen molar-refractivity contribution in [3.8, 4) is 40.1 Å². The number of hydrogen-bond acceptors (Lipinski definition) is 3. The van der Waals surface area contributed by atoms with Gasteiger partial charge in [0.1, 0.15) is 0 Å². The lowest BCUT2D eigenvalue weighted by molar-refractivity contribution is 0.953. The fourth-order valence-corrected chi connectivity index (χ4v) is 8.77. The lowest BCUT2D eigenvalue weighted by atomic mass is 10.1. The Morgan fingerprint density at radius 1 is 0.263 bits per heavy atom. The standard InChI is InChI=1S/C51H32N6/c1-3-15-33(16-4-1)49-52-50(34-27-29-36(30-28-34)55-43-23-11-7-19-37(43)38-20-8-12-24-44(38)55)54-51(53-49)57-46-26-14-10-22-40(46)42-31-41-39-21-9-13-25-45(39)56(47(41)32-48(42)57)35-17-5-2-6-18-35/h1-32H. The molecule has 12 aromatic rings. The van der Waals surface area contributed by atoms with Crippen molar-refractivity contribution in [1.29, 1.82) is 0 Å². The molecule has 0 radical (unpaired) electrons. The fourth-order valence-electron chi connectivity index (χ4n) is 8.77. The largest absolute Gasteiger partial charge is 0.309 e. The maximum absolute atomic E-state index is 5.29. The van der Waals surface area contributed by atoms with Gasteiger partial charge in [0, 0.05) is 54.8 Å². The van der Waals surface area contributed by atoms with Crippen LogP contribution in [0.2, 0.25) is 0 Å². The zero-order chi connectivity index (χ0) is 37.5. The van der Waals surface area contributed by atoms with Gasteiger partial charge >= 0.3 is 0 Å². The first-order valence-electron chi connectivity index (χ1n) is 19.2. The van der Waals surface area contributed by atoms with E-state index in [1.54, 1.807) is 0 Å². The molecule has 0 fully saturated rings. The van der Waals surface area contributed by atoms with Crippen molar-refractivity contribution in [3.63, 3.8) is 0 Å². The molecule has 266 valence electrons. The van der Waals surface area contributed by atoms with Gasteiger partial charge < -0.3 is 9.13 Å². The monoisotopic (exact) mass is 728 g/mol. The summed E-state index contributed by atoms with van der Waals surface area (Å²) < 4.78 is 6.90. The van der Waals surface area contributed by atoms with Crippen LogP contribution >= 0.6 is 0 Å². The van der Waals surface area contributed by atoms with Crippen LogP contribution in [0, 0.1) is 0 Å². The van der Waals surface area contributed by atoms with E-state index < -0.39 is 0 Å². The Balaban J connectivity index is 1.10. The van der Waals surface area contributed by atoms with Crippen LogP contribution in [-0.4, -0.2) is 28.7 Å². The van der Waals surface area contributed by atoms with Crippen LogP contribution < -0.4 is 0 Å². The molecule has 0 bridgehead atoms. The molecule has 0 aliphatic rings. The van der Waals surface area contributed by atoms with Gasteiger partial charge in [0.25, 0.3) is 0 Å². The number of rotatable bonds is 5. The summed E-state index contributed by atoms with van der Waals surface area (Å²) >= 11 is 0. The second-order valence-electron chi connectivity index (χ2n) is 14.5. The van der Waals surface area contributed by atoms with E-state index in [0.29, 0.717) is 17.6 Å². The van der Waals surface area contributed by atoms with Crippen LogP contribution in [0.3, 0.4) is 0 Å². The third-order valence-electron chi connectivity index (χ3n) is 11.3. The lowest BCUT2D eigenvalue weighted by Gasteiger charge is -2.12. The summed E-state index contributed by atoms with van der Waals surface area (Å²) in [5, 5.41) is 7.18. The Morgan fingerprint density at radius 3 is 1.19 bits per heavy atom. The molecule has 8 aromatic carbocycles. The molecule has 12 rings (SSSR count). The molecule has 0 aliphatic heterocycles. The summed E-state index contributed by atoms with van der Waals surface area (Å²) in [5.74, 6) is 1.80. The first-order valence-corrected chi connectivity index (χ1v) is 19.2. The molecule has 0 atom stereocenters. The smallest absolute Gasteiger partial charge is 0.238 e. The topological polar surface area (TPSA) is 53.5 Å². The van der Waals surface area contributed by atoms with Crippen molar-refractivity contribution in [3.05, 3.63) is 194 Å². The van der Waals surface area contributed by atoms with E-state index in [1.807, 2.05) is 18.2 Å². The van der Waals surface area contributed by atoms with Crippen LogP contribution in [0.5, 0.6) is 0 Å². The zero-order valence-corrected chi connectivity index (χ0v) is 30.7. The SMILES string of the molecule is c1ccc(-c2nc(-c3ccc(-n4c5ccccc5c5ccccc54)cc3)nc(-n3c4ccccc4c4cc5c6ccccc6n(-c6ccccc6)c5cc43)n2)cc1. The van der Waals surface area contributed by atoms with Crippen LogP contribution in [0.1, 0.15) is 0 Å². The van der Waals surface area contributed by atoms with Gasteiger partial charge in [0.2, 0.25) is 5.95 Å². The zero-order valence-electron chi connectivity index (χ0n) is 30.7. The highest BCUT2D eigenvalue weighted by molar-refractivity contribution is 6.19. The van der Waals surface area contributed by atoms with Crippen molar-refractivity contribution in [1.82, 2.24) is 28.7 Å². The number of para-hydroxylation sites is 5. The van der Waals surface area contributed by atoms with Crippen molar-refractivity contribution in [2.75, 3.05) is 0 Å². The number of benzene rings is 8. The summed E-state index contributed by atoms with van der Waals surface area (Å²) in [6.07, 6.45) is 0. The Labute approximate surface area is 327 Å². The van der Waals surface area contributed by atoms with E-state index in [2.05, 4.69) is 190 Å². The van der Waals surface area contributed by atoms with Gasteiger partial charge in [-0.15, -0.1) is 0 Å². The van der Waals surface area contributed by atoms with Crippen LogP contribution in [0.4, 0.5) is 0 Å². The summed E-state index contributed by atoms with van der Waals surface area (Å²) in [5.41, 5.74) is 10.7. The number of aromatic nitrogens is 6. The van der Waals surface area contributed by atoms with Gasteiger partial charge in [-0.3, -0.25) is 4.57 Å². The van der Waals surface area contributed by atoms with E-state index in [9.17, 15) is 0 Å². The van der Waals surface area contributed by atoms with Crippen molar-refractivity contribution in [2.24, 2.45) is 0 Å². The Hall–Kier alpha value is -7.83. The molecule has 6 nitrogen and oxygen atoms in total. The number of hydrogen-bond donors (Lipinski definition) is 0. The van der Waals surface area contributed by atoms with E-state index >= 15 is 0 Å². The highest BCUT2D eigenvalue weighted by Crippen LogP contribution is 2.40. The summed E-state index contributed by atoms with van der Waals surface area (Å²) in [4.78, 5) is 15.6. The van der Waals surface area contributed by atoms with E-state index in [1.165, 1.54) is 38.1 Å². The molecule has 0 unspecified atom stereocenters. The molecule has 0 saturated heterocycles. The predicted molar refractivity (Wildman–Crippen MR) is 234 cm³/mol. The highest BCUT2D eigenvalue weighted by Gasteiger charge is 2.21. The minimum Gasteiger partial charge on any atom is -0.309 e. The van der Waals surface area contributed by atoms with Gasteiger partial charge in [-0.25, -0.2) is 4.98 Å². The Morgan fingerprint density at radius 2 is 0.649 bits per heavy atom. The normalized spacial score (nSPS) is 11.9. The maximum Gasteiger partial charge on any atom is 0.238 e. The van der Waals surface area contributed by atoms with Gasteiger partial charge in [0.15, 0.2) is 11.6 Å². The van der Waals surface area contributed by atoms with E-state index in [4.69, 9.17) is 15.0 Å². The molecule has 57 heavy (non-hydrogen) atoms. The van der Waals surface area contributed by atoms with Crippen molar-refractivity contribution >= 4 is 65.4 Å². The van der Waals surface area contributed by atoms with E-state index in [-0.39, 0.29) is 0 Å². The second-order valence-corrected chi connectivity index (χ2v) is 14.5.